The van der Waals surface area contributed by atoms with Crippen LogP contribution in [0.4, 0.5) is 5.13 Å². The summed E-state index contributed by atoms with van der Waals surface area (Å²) < 4.78 is 6.53. The quantitative estimate of drug-likeness (QED) is 0.424. The van der Waals surface area contributed by atoms with Crippen LogP contribution in [-0.2, 0) is 11.3 Å². The molecule has 7 heteroatoms. The molecule has 0 atom stereocenters. The van der Waals surface area contributed by atoms with Gasteiger partial charge in [-0.05, 0) is 42.8 Å². The van der Waals surface area contributed by atoms with Crippen LogP contribution in [0, 0.1) is 6.92 Å². The van der Waals surface area contributed by atoms with Gasteiger partial charge in [-0.15, -0.1) is 0 Å². The Hall–Kier alpha value is -2.96. The summed E-state index contributed by atoms with van der Waals surface area (Å²) in [6.45, 7) is 2.18. The average molecular weight is 424 g/mol. The minimum atomic E-state index is -0.202. The van der Waals surface area contributed by atoms with Gasteiger partial charge in [0.05, 0.1) is 27.5 Å². The van der Waals surface area contributed by atoms with E-state index in [9.17, 15) is 4.79 Å². The maximum atomic E-state index is 13.1. The van der Waals surface area contributed by atoms with Crippen molar-refractivity contribution in [3.05, 3.63) is 83.1 Å². The van der Waals surface area contributed by atoms with E-state index in [1.54, 1.807) is 11.1 Å². The highest BCUT2D eigenvalue weighted by molar-refractivity contribution is 7.23. The zero-order chi connectivity index (χ0) is 20.2. The molecule has 0 radical (unpaired) electrons. The molecule has 29 heavy (non-hydrogen) atoms. The van der Waals surface area contributed by atoms with Gasteiger partial charge in [-0.1, -0.05) is 53.3 Å². The molecule has 0 bridgehead atoms. The molecule has 0 unspecified atom stereocenters. The molecule has 0 aliphatic rings. The fourth-order valence-electron chi connectivity index (χ4n) is 2.86. The lowest BCUT2D eigenvalue weighted by Crippen LogP contribution is -2.34. The van der Waals surface area contributed by atoms with Crippen molar-refractivity contribution in [3.8, 4) is 5.75 Å². The van der Waals surface area contributed by atoms with Gasteiger partial charge in [0.25, 0.3) is 5.91 Å². The van der Waals surface area contributed by atoms with Crippen LogP contribution in [0.15, 0.2) is 66.9 Å². The van der Waals surface area contributed by atoms with Crippen LogP contribution in [0.5, 0.6) is 5.75 Å². The van der Waals surface area contributed by atoms with E-state index in [0.717, 1.165) is 21.5 Å². The first-order valence-corrected chi connectivity index (χ1v) is 10.2. The number of aryl methyl sites for hydroxylation is 1. The van der Waals surface area contributed by atoms with Crippen LogP contribution in [0.25, 0.3) is 10.2 Å². The van der Waals surface area contributed by atoms with Crippen molar-refractivity contribution in [1.82, 2.24) is 9.97 Å². The highest BCUT2D eigenvalue weighted by Gasteiger charge is 2.22. The van der Waals surface area contributed by atoms with Crippen LogP contribution in [0.1, 0.15) is 11.3 Å². The molecule has 2 heterocycles. The lowest BCUT2D eigenvalue weighted by atomic mass is 10.2. The molecule has 0 spiro atoms. The molecular weight excluding hydrogens is 406 g/mol. The Kier molecular flexibility index (Phi) is 5.74. The summed E-state index contributed by atoms with van der Waals surface area (Å²) >= 11 is 7.75. The predicted molar refractivity (Wildman–Crippen MR) is 117 cm³/mol. The second-order valence-electron chi connectivity index (χ2n) is 6.44. The number of thiazole rings is 1. The molecule has 0 aliphatic heterocycles. The number of rotatable bonds is 6. The normalized spacial score (nSPS) is 10.8. The van der Waals surface area contributed by atoms with Gasteiger partial charge in [-0.25, -0.2) is 4.98 Å². The van der Waals surface area contributed by atoms with Crippen LogP contribution in [0.3, 0.4) is 0 Å². The SMILES string of the molecule is Cc1ccc(Cl)c2sc(N(Cc3ccccn3)C(=O)COc3ccccc3)nc12. The molecule has 1 amide bonds. The highest BCUT2D eigenvalue weighted by atomic mass is 35.5. The molecule has 0 fully saturated rings. The Bertz CT molecular complexity index is 1090. The molecule has 2 aromatic carbocycles. The zero-order valence-corrected chi connectivity index (χ0v) is 17.3. The molecular formula is C22H18ClN3O2S. The number of amides is 1. The first-order valence-electron chi connectivity index (χ1n) is 9.05. The number of benzene rings is 2. The Balaban J connectivity index is 1.65. The van der Waals surface area contributed by atoms with Crippen LogP contribution in [0.2, 0.25) is 5.02 Å². The summed E-state index contributed by atoms with van der Waals surface area (Å²) in [4.78, 5) is 23.7. The molecule has 0 N–H and O–H groups in total. The van der Waals surface area contributed by atoms with Crippen molar-refractivity contribution in [2.45, 2.75) is 13.5 Å². The van der Waals surface area contributed by atoms with E-state index in [1.165, 1.54) is 11.3 Å². The molecule has 4 rings (SSSR count). The first kappa shape index (κ1) is 19.4. The van der Waals surface area contributed by atoms with Gasteiger partial charge in [-0.2, -0.15) is 0 Å². The van der Waals surface area contributed by atoms with Crippen molar-refractivity contribution < 1.29 is 9.53 Å². The van der Waals surface area contributed by atoms with E-state index < -0.39 is 0 Å². The third-order valence-electron chi connectivity index (χ3n) is 4.37. The van der Waals surface area contributed by atoms with Gasteiger partial charge in [0.15, 0.2) is 11.7 Å². The van der Waals surface area contributed by atoms with Gasteiger partial charge in [0, 0.05) is 6.20 Å². The molecule has 0 saturated carbocycles. The lowest BCUT2D eigenvalue weighted by Gasteiger charge is -2.19. The third-order valence-corrected chi connectivity index (χ3v) is 5.91. The molecule has 2 aromatic heterocycles. The maximum Gasteiger partial charge on any atom is 0.267 e. The monoisotopic (exact) mass is 423 g/mol. The summed E-state index contributed by atoms with van der Waals surface area (Å²) in [5.41, 5.74) is 2.58. The molecule has 146 valence electrons. The Morgan fingerprint density at radius 1 is 1.10 bits per heavy atom. The number of nitrogens with zero attached hydrogens (tertiary/aromatic N) is 3. The van der Waals surface area contributed by atoms with Gasteiger partial charge in [-0.3, -0.25) is 14.7 Å². The van der Waals surface area contributed by atoms with Gasteiger partial charge >= 0.3 is 0 Å². The number of hydrogen-bond acceptors (Lipinski definition) is 5. The zero-order valence-electron chi connectivity index (χ0n) is 15.7. The average Bonchev–Trinajstić information content (AvgIpc) is 3.21. The van der Waals surface area contributed by atoms with Crippen molar-refractivity contribution in [2.75, 3.05) is 11.5 Å². The number of pyridine rings is 1. The van der Waals surface area contributed by atoms with Crippen LogP contribution in [-0.4, -0.2) is 22.5 Å². The Labute approximate surface area is 177 Å². The summed E-state index contributed by atoms with van der Waals surface area (Å²) in [5.74, 6) is 0.439. The number of ether oxygens (including phenoxy) is 1. The van der Waals surface area contributed by atoms with Gasteiger partial charge in [0.2, 0.25) is 0 Å². The van der Waals surface area contributed by atoms with E-state index in [0.29, 0.717) is 22.4 Å². The Morgan fingerprint density at radius 2 is 1.90 bits per heavy atom. The number of aromatic nitrogens is 2. The predicted octanol–water partition coefficient (Wildman–Crippen LogP) is 5.27. The van der Waals surface area contributed by atoms with Crippen molar-refractivity contribution in [3.63, 3.8) is 0 Å². The lowest BCUT2D eigenvalue weighted by molar-refractivity contribution is -0.120. The largest absolute Gasteiger partial charge is 0.484 e. The fraction of sp³-hybridized carbons (Fsp3) is 0.136. The van der Waals surface area contributed by atoms with Crippen molar-refractivity contribution in [2.24, 2.45) is 0 Å². The standard InChI is InChI=1S/C22H18ClN3O2S/c1-15-10-11-18(23)21-20(15)25-22(29-21)26(13-16-7-5-6-12-24-16)19(27)14-28-17-8-3-2-4-9-17/h2-12H,13-14H2,1H3. The topological polar surface area (TPSA) is 55.3 Å². The van der Waals surface area contributed by atoms with E-state index in [1.807, 2.05) is 67.6 Å². The maximum absolute atomic E-state index is 13.1. The van der Waals surface area contributed by atoms with E-state index >= 15 is 0 Å². The van der Waals surface area contributed by atoms with E-state index in [4.69, 9.17) is 21.3 Å². The number of hydrogen-bond donors (Lipinski definition) is 0. The number of halogens is 1. The van der Waals surface area contributed by atoms with Crippen molar-refractivity contribution in [1.29, 1.82) is 0 Å². The van der Waals surface area contributed by atoms with Crippen molar-refractivity contribution >= 4 is 44.2 Å². The van der Waals surface area contributed by atoms with E-state index in [-0.39, 0.29) is 12.5 Å². The number of fused-ring (bicyclic) bond motifs is 1. The highest BCUT2D eigenvalue weighted by Crippen LogP contribution is 2.36. The van der Waals surface area contributed by atoms with E-state index in [2.05, 4.69) is 4.98 Å². The summed E-state index contributed by atoms with van der Waals surface area (Å²) in [7, 11) is 0. The number of anilines is 1. The van der Waals surface area contributed by atoms with Crippen LogP contribution >= 0.6 is 22.9 Å². The molecule has 5 nitrogen and oxygen atoms in total. The molecule has 0 saturated heterocycles. The Morgan fingerprint density at radius 3 is 2.62 bits per heavy atom. The summed E-state index contributed by atoms with van der Waals surface area (Å²) in [6, 6.07) is 18.7. The molecule has 0 aliphatic carbocycles. The van der Waals surface area contributed by atoms with Gasteiger partial charge < -0.3 is 4.74 Å². The first-order chi connectivity index (χ1) is 14.1. The number of para-hydroxylation sites is 1. The minimum absolute atomic E-state index is 0.0977. The third kappa shape index (κ3) is 4.39. The smallest absolute Gasteiger partial charge is 0.267 e. The number of carbonyl (C=O) groups excluding carboxylic acids is 1. The number of carbonyl (C=O) groups is 1. The molecule has 4 aromatic rings. The minimum Gasteiger partial charge on any atom is -0.484 e. The van der Waals surface area contributed by atoms with Crippen LogP contribution < -0.4 is 9.64 Å². The summed E-state index contributed by atoms with van der Waals surface area (Å²) in [5, 5.41) is 1.20. The summed E-state index contributed by atoms with van der Waals surface area (Å²) in [6.07, 6.45) is 1.71. The second-order valence-corrected chi connectivity index (χ2v) is 7.83. The van der Waals surface area contributed by atoms with Gasteiger partial charge in [0.1, 0.15) is 5.75 Å². The fourth-order valence-corrected chi connectivity index (χ4v) is 4.20. The second kappa shape index (κ2) is 8.59.